The van der Waals surface area contributed by atoms with Gasteiger partial charge in [-0.1, -0.05) is 22.3 Å². The van der Waals surface area contributed by atoms with E-state index < -0.39 is 24.9 Å². The maximum absolute atomic E-state index is 11.3. The van der Waals surface area contributed by atoms with Crippen molar-refractivity contribution in [2.24, 2.45) is 0 Å². The zero-order chi connectivity index (χ0) is 11.1. The third-order valence-electron chi connectivity index (χ3n) is 0.628. The van der Waals surface area contributed by atoms with E-state index in [-0.39, 0.29) is 22.3 Å². The first-order valence-corrected chi connectivity index (χ1v) is 2.58. The highest BCUT2D eigenvalue weighted by atomic mass is 19.4. The fourth-order valence-electron chi connectivity index (χ4n) is 0.298. The SMILES string of the molecule is C.C.C.CF.FCOC(=C(F)F)C(F)(F)F. The lowest BCUT2D eigenvalue weighted by Crippen LogP contribution is -2.15. The molecule has 104 valence electrons. The predicted octanol–water partition coefficient (Wildman–Crippen LogP) is 5.09. The minimum absolute atomic E-state index is 0. The molecule has 0 atom stereocenters. The molecule has 0 rings (SSSR count). The van der Waals surface area contributed by atoms with E-state index in [9.17, 15) is 30.7 Å². The van der Waals surface area contributed by atoms with Gasteiger partial charge in [-0.2, -0.15) is 22.0 Å². The molecule has 0 unspecified atom stereocenters. The van der Waals surface area contributed by atoms with Crippen molar-refractivity contribution in [2.45, 2.75) is 28.5 Å². The molecule has 0 aliphatic carbocycles. The van der Waals surface area contributed by atoms with Gasteiger partial charge in [-0.25, -0.2) is 4.39 Å². The Kier molecular flexibility index (Phi) is 25.8. The number of allylic oxidation sites excluding steroid dienone is 1. The van der Waals surface area contributed by atoms with Gasteiger partial charge in [0.25, 0.3) is 5.76 Å². The quantitative estimate of drug-likeness (QED) is 0.497. The smallest absolute Gasteiger partial charge is 0.453 e. The van der Waals surface area contributed by atoms with Crippen molar-refractivity contribution < 1.29 is 35.5 Å². The van der Waals surface area contributed by atoms with E-state index in [0.717, 1.165) is 0 Å². The molecule has 0 fully saturated rings. The Morgan fingerprint density at radius 3 is 1.38 bits per heavy atom. The summed E-state index contributed by atoms with van der Waals surface area (Å²) in [5, 5.41) is 0. The fraction of sp³-hybridized carbons (Fsp3) is 0.750. The van der Waals surface area contributed by atoms with Gasteiger partial charge in [-0.05, 0) is 0 Å². The van der Waals surface area contributed by atoms with Gasteiger partial charge in [0.15, 0.2) is 0 Å². The standard InChI is InChI=1S/C4H2F6O.CH3F.3CH4/c5-1-11-2(3(6)7)4(8,9)10;1-2;;;/h1H2;1H3;3*1H4. The molecule has 0 aliphatic heterocycles. The average molecular weight is 262 g/mol. The Hall–Kier alpha value is -0.950. The van der Waals surface area contributed by atoms with Crippen LogP contribution < -0.4 is 0 Å². The van der Waals surface area contributed by atoms with Crippen molar-refractivity contribution in [3.8, 4) is 0 Å². The van der Waals surface area contributed by atoms with Crippen LogP contribution in [0.4, 0.5) is 30.7 Å². The highest BCUT2D eigenvalue weighted by Gasteiger charge is 2.40. The summed E-state index contributed by atoms with van der Waals surface area (Å²) in [6.45, 7) is -1.94. The van der Waals surface area contributed by atoms with Crippen molar-refractivity contribution in [1.82, 2.24) is 0 Å². The van der Waals surface area contributed by atoms with Crippen LogP contribution in [0.1, 0.15) is 22.3 Å². The summed E-state index contributed by atoms with van der Waals surface area (Å²) in [4.78, 5) is 0. The van der Waals surface area contributed by atoms with Gasteiger partial charge in [-0.3, -0.25) is 4.39 Å². The molecule has 0 saturated carbocycles. The van der Waals surface area contributed by atoms with E-state index >= 15 is 0 Å². The van der Waals surface area contributed by atoms with Gasteiger partial charge in [0.2, 0.25) is 6.86 Å². The zero-order valence-corrected chi connectivity index (χ0v) is 6.26. The first-order chi connectivity index (χ1) is 5.89. The van der Waals surface area contributed by atoms with Crippen LogP contribution in [0.2, 0.25) is 0 Å². The lowest BCUT2D eigenvalue weighted by atomic mass is 10.5. The van der Waals surface area contributed by atoms with Gasteiger partial charge in [-0.15, -0.1) is 0 Å². The highest BCUT2D eigenvalue weighted by molar-refractivity contribution is 5.00. The third-order valence-corrected chi connectivity index (χ3v) is 0.628. The molecular weight excluding hydrogens is 245 g/mol. The number of alkyl halides is 5. The van der Waals surface area contributed by atoms with E-state index in [0.29, 0.717) is 7.18 Å². The molecule has 0 aromatic rings. The van der Waals surface area contributed by atoms with Crippen molar-refractivity contribution in [2.75, 3.05) is 14.0 Å². The van der Waals surface area contributed by atoms with Gasteiger partial charge in [0.05, 0.1) is 7.18 Å². The molecule has 0 N–H and O–H groups in total. The van der Waals surface area contributed by atoms with Gasteiger partial charge in [0, 0.05) is 0 Å². The minimum Gasteiger partial charge on any atom is -0.453 e. The summed E-state index contributed by atoms with van der Waals surface area (Å²) in [6, 6.07) is 0. The number of hydrogen-bond acceptors (Lipinski definition) is 1. The Labute approximate surface area is 90.9 Å². The molecule has 0 saturated heterocycles. The van der Waals surface area contributed by atoms with E-state index in [4.69, 9.17) is 0 Å². The minimum atomic E-state index is -5.34. The summed E-state index contributed by atoms with van der Waals surface area (Å²) in [5.41, 5.74) is 0. The van der Waals surface area contributed by atoms with Crippen LogP contribution in [-0.2, 0) is 4.74 Å². The lowest BCUT2D eigenvalue weighted by Gasteiger charge is -2.08. The van der Waals surface area contributed by atoms with E-state index in [1.807, 2.05) is 0 Å². The Balaban J connectivity index is -0.0000000760. The second-order valence-electron chi connectivity index (χ2n) is 1.34. The largest absolute Gasteiger partial charge is 0.454 e. The van der Waals surface area contributed by atoms with Crippen LogP contribution in [-0.4, -0.2) is 20.2 Å². The van der Waals surface area contributed by atoms with E-state index in [1.165, 1.54) is 0 Å². The van der Waals surface area contributed by atoms with Crippen LogP contribution in [0.3, 0.4) is 0 Å². The van der Waals surface area contributed by atoms with Crippen LogP contribution in [0.15, 0.2) is 11.8 Å². The topological polar surface area (TPSA) is 9.23 Å². The molecule has 0 aromatic carbocycles. The molecule has 1 nitrogen and oxygen atoms in total. The van der Waals surface area contributed by atoms with Crippen molar-refractivity contribution in [3.05, 3.63) is 11.8 Å². The molecule has 8 heteroatoms. The summed E-state index contributed by atoms with van der Waals surface area (Å²) >= 11 is 0. The Morgan fingerprint density at radius 2 is 1.31 bits per heavy atom. The Morgan fingerprint density at radius 1 is 1.00 bits per heavy atom. The summed E-state index contributed by atoms with van der Waals surface area (Å²) in [7, 11) is 0.500. The second kappa shape index (κ2) is 14.0. The summed E-state index contributed by atoms with van der Waals surface area (Å²) in [6.07, 6.45) is -8.43. The van der Waals surface area contributed by atoms with E-state index in [2.05, 4.69) is 4.74 Å². The molecule has 0 amide bonds. The molecule has 0 aliphatic rings. The molecule has 16 heavy (non-hydrogen) atoms. The highest BCUT2D eigenvalue weighted by Crippen LogP contribution is 2.30. The third kappa shape index (κ3) is 13.0. The van der Waals surface area contributed by atoms with Crippen molar-refractivity contribution in [1.29, 1.82) is 0 Å². The Bertz CT molecular complexity index is 160. The normalized spacial score (nSPS) is 8.00. The second-order valence-corrected chi connectivity index (χ2v) is 1.34. The number of rotatable bonds is 2. The van der Waals surface area contributed by atoms with Crippen LogP contribution in [0.25, 0.3) is 0 Å². The number of halogens is 7. The van der Waals surface area contributed by atoms with Crippen molar-refractivity contribution >= 4 is 0 Å². The number of ether oxygens (including phenoxy) is 1. The van der Waals surface area contributed by atoms with Gasteiger partial charge in [0.1, 0.15) is 0 Å². The molecule has 0 heterocycles. The first-order valence-electron chi connectivity index (χ1n) is 2.58. The lowest BCUT2D eigenvalue weighted by molar-refractivity contribution is -0.143. The zero-order valence-electron chi connectivity index (χ0n) is 6.26. The van der Waals surface area contributed by atoms with Crippen LogP contribution in [0.5, 0.6) is 0 Å². The monoisotopic (exact) mass is 262 g/mol. The predicted molar refractivity (Wildman–Crippen MR) is 49.6 cm³/mol. The maximum Gasteiger partial charge on any atom is 0.454 e. The summed E-state index contributed by atoms with van der Waals surface area (Å²) < 4.78 is 80.0. The maximum atomic E-state index is 11.3. The average Bonchev–Trinajstić information content (AvgIpc) is 2.01. The molecular formula is C8H17F7O. The van der Waals surface area contributed by atoms with Gasteiger partial charge >= 0.3 is 12.3 Å². The fourth-order valence-corrected chi connectivity index (χ4v) is 0.298. The first kappa shape index (κ1) is 29.4. The van der Waals surface area contributed by atoms with Crippen molar-refractivity contribution in [3.63, 3.8) is 0 Å². The summed E-state index contributed by atoms with van der Waals surface area (Å²) in [5.74, 6) is -2.58. The molecule has 0 bridgehead atoms. The molecule has 0 spiro atoms. The molecule has 0 aromatic heterocycles. The van der Waals surface area contributed by atoms with Crippen LogP contribution in [0, 0.1) is 0 Å². The van der Waals surface area contributed by atoms with Crippen LogP contribution >= 0.6 is 0 Å². The molecule has 0 radical (unpaired) electrons. The van der Waals surface area contributed by atoms with E-state index in [1.54, 1.807) is 0 Å². The number of hydrogen-bond donors (Lipinski definition) is 0. The van der Waals surface area contributed by atoms with Gasteiger partial charge < -0.3 is 4.74 Å².